The maximum atomic E-state index is 6.56. The number of nitrogens with zero attached hydrogens (tertiary/aromatic N) is 2. The minimum absolute atomic E-state index is 0.915. The molecule has 10 rings (SSSR count). The van der Waals surface area contributed by atoms with Crippen LogP contribution in [0.25, 0.3) is 82.9 Å². The van der Waals surface area contributed by atoms with Crippen molar-refractivity contribution in [2.45, 2.75) is 12.8 Å². The van der Waals surface area contributed by atoms with E-state index in [0.29, 0.717) is 0 Å². The molecule has 0 fully saturated rings. The van der Waals surface area contributed by atoms with E-state index in [1.165, 1.54) is 60.4 Å². The molecule has 0 radical (unpaired) electrons. The van der Waals surface area contributed by atoms with Crippen LogP contribution in [0.3, 0.4) is 0 Å². The van der Waals surface area contributed by atoms with Crippen molar-refractivity contribution in [3.05, 3.63) is 139 Å². The summed E-state index contributed by atoms with van der Waals surface area (Å²) in [6.45, 7) is 0. The fraction of sp³-hybridized carbons (Fsp3) is 0.0500. The third-order valence-electron chi connectivity index (χ3n) is 9.35. The number of furan rings is 1. The number of rotatable bonds is 2. The van der Waals surface area contributed by atoms with E-state index >= 15 is 0 Å². The molecule has 3 aromatic heterocycles. The van der Waals surface area contributed by atoms with E-state index in [-0.39, 0.29) is 0 Å². The summed E-state index contributed by atoms with van der Waals surface area (Å²) in [5.74, 6) is 0. The highest BCUT2D eigenvalue weighted by atomic mass is 16.3. The van der Waals surface area contributed by atoms with Crippen LogP contribution in [0.2, 0.25) is 0 Å². The van der Waals surface area contributed by atoms with Gasteiger partial charge in [-0.05, 0) is 66.1 Å². The normalized spacial score (nSPS) is 13.3. The fourth-order valence-electron chi connectivity index (χ4n) is 7.46. The lowest BCUT2D eigenvalue weighted by molar-refractivity contribution is 0.666. The Morgan fingerprint density at radius 1 is 0.535 bits per heavy atom. The van der Waals surface area contributed by atoms with Crippen molar-refractivity contribution in [1.29, 1.82) is 0 Å². The summed E-state index contributed by atoms with van der Waals surface area (Å²) in [6.07, 6.45) is 6.73. The van der Waals surface area contributed by atoms with E-state index in [1.54, 1.807) is 0 Å². The zero-order valence-electron chi connectivity index (χ0n) is 23.4. The van der Waals surface area contributed by atoms with Crippen molar-refractivity contribution >= 4 is 71.5 Å². The molecule has 3 nitrogen and oxygen atoms in total. The molecule has 3 heteroatoms. The summed E-state index contributed by atoms with van der Waals surface area (Å²) in [7, 11) is 0. The topological polar surface area (TPSA) is 23.0 Å². The Morgan fingerprint density at radius 3 is 2.28 bits per heavy atom. The molecule has 0 N–H and O–H groups in total. The van der Waals surface area contributed by atoms with Crippen molar-refractivity contribution in [3.63, 3.8) is 0 Å². The quantitative estimate of drug-likeness (QED) is 0.210. The molecular formula is C40H26N2O. The highest BCUT2D eigenvalue weighted by molar-refractivity contribution is 6.16. The average molecular weight is 551 g/mol. The Morgan fingerprint density at radius 2 is 1.33 bits per heavy atom. The standard InChI is InChI=1S/C40H26N2O/c1-2-11-26-22-27(21-20-25(26)10-1)41-34-16-6-3-12-28(34)32-23-33-29-13-4-7-17-35(29)42(38(33)24-37(32)41)36-18-9-15-31-30-14-5-8-19-39(30)43-40(31)36/h1-5,7-15,17-24H,6,16H2. The van der Waals surface area contributed by atoms with Gasteiger partial charge in [-0.25, -0.2) is 0 Å². The van der Waals surface area contributed by atoms with Gasteiger partial charge in [0.05, 0.1) is 22.2 Å². The molecule has 0 bridgehead atoms. The number of hydrogen-bond donors (Lipinski definition) is 0. The van der Waals surface area contributed by atoms with Crippen molar-refractivity contribution in [3.8, 4) is 11.4 Å². The van der Waals surface area contributed by atoms with Crippen molar-refractivity contribution in [2.75, 3.05) is 0 Å². The lowest BCUT2D eigenvalue weighted by Gasteiger charge is -2.14. The van der Waals surface area contributed by atoms with Gasteiger partial charge < -0.3 is 13.6 Å². The maximum absolute atomic E-state index is 6.56. The first kappa shape index (κ1) is 23.1. The zero-order chi connectivity index (χ0) is 28.1. The number of hydrogen-bond acceptors (Lipinski definition) is 1. The molecule has 0 unspecified atom stereocenters. The molecule has 0 saturated heterocycles. The van der Waals surface area contributed by atoms with Crippen LogP contribution in [0.4, 0.5) is 0 Å². The Balaban J connectivity index is 1.35. The smallest absolute Gasteiger partial charge is 0.159 e. The summed E-state index contributed by atoms with van der Waals surface area (Å²) in [6, 6.07) is 43.9. The Kier molecular flexibility index (Phi) is 4.56. The van der Waals surface area contributed by atoms with E-state index in [9.17, 15) is 0 Å². The second kappa shape index (κ2) is 8.50. The minimum Gasteiger partial charge on any atom is -0.454 e. The SMILES string of the molecule is C1=Cc2c(n(-c3ccc4ccccc4c3)c3cc4c(cc23)c2ccccc2n4-c2cccc3c2oc2ccccc23)CC1. The monoisotopic (exact) mass is 550 g/mol. The van der Waals surface area contributed by atoms with Gasteiger partial charge in [0.1, 0.15) is 5.58 Å². The first-order chi connectivity index (χ1) is 21.3. The number of allylic oxidation sites excluding steroid dienone is 1. The highest BCUT2D eigenvalue weighted by Crippen LogP contribution is 2.42. The van der Waals surface area contributed by atoms with E-state index in [0.717, 1.165) is 40.5 Å². The van der Waals surface area contributed by atoms with Gasteiger partial charge in [0.25, 0.3) is 0 Å². The first-order valence-corrected chi connectivity index (χ1v) is 15.0. The van der Waals surface area contributed by atoms with Gasteiger partial charge in [-0.15, -0.1) is 0 Å². The average Bonchev–Trinajstić information content (AvgIpc) is 3.71. The molecule has 0 atom stereocenters. The van der Waals surface area contributed by atoms with Gasteiger partial charge >= 0.3 is 0 Å². The van der Waals surface area contributed by atoms with Crippen LogP contribution in [0, 0.1) is 0 Å². The third kappa shape index (κ3) is 3.14. The molecule has 9 aromatic rings. The highest BCUT2D eigenvalue weighted by Gasteiger charge is 2.23. The van der Waals surface area contributed by atoms with Crippen LogP contribution >= 0.6 is 0 Å². The fourth-order valence-corrected chi connectivity index (χ4v) is 7.46. The molecule has 3 heterocycles. The number of para-hydroxylation sites is 3. The van der Waals surface area contributed by atoms with E-state index in [4.69, 9.17) is 4.42 Å². The molecule has 1 aliphatic carbocycles. The Labute approximate surface area is 247 Å². The molecule has 202 valence electrons. The Bertz CT molecular complexity index is 2620. The lowest BCUT2D eigenvalue weighted by Crippen LogP contribution is -2.03. The van der Waals surface area contributed by atoms with Crippen molar-refractivity contribution in [1.82, 2.24) is 9.13 Å². The molecule has 6 aromatic carbocycles. The molecule has 43 heavy (non-hydrogen) atoms. The van der Waals surface area contributed by atoms with Gasteiger partial charge in [-0.1, -0.05) is 91.0 Å². The van der Waals surface area contributed by atoms with Crippen LogP contribution in [-0.2, 0) is 6.42 Å². The van der Waals surface area contributed by atoms with Crippen LogP contribution in [0.15, 0.2) is 132 Å². The summed E-state index contributed by atoms with van der Waals surface area (Å²) < 4.78 is 11.5. The molecule has 1 aliphatic rings. The van der Waals surface area contributed by atoms with E-state index < -0.39 is 0 Å². The molecule has 0 aliphatic heterocycles. The predicted molar refractivity (Wildman–Crippen MR) is 180 cm³/mol. The van der Waals surface area contributed by atoms with Crippen LogP contribution in [0.5, 0.6) is 0 Å². The third-order valence-corrected chi connectivity index (χ3v) is 9.35. The minimum atomic E-state index is 0.915. The van der Waals surface area contributed by atoms with Gasteiger partial charge in [0.2, 0.25) is 0 Å². The van der Waals surface area contributed by atoms with Gasteiger partial charge in [-0.2, -0.15) is 0 Å². The summed E-state index contributed by atoms with van der Waals surface area (Å²) in [4.78, 5) is 0. The van der Waals surface area contributed by atoms with Crippen molar-refractivity contribution in [2.24, 2.45) is 0 Å². The van der Waals surface area contributed by atoms with E-state index in [2.05, 4.69) is 137 Å². The predicted octanol–water partition coefficient (Wildman–Crippen LogP) is 10.7. The molecule has 0 amide bonds. The number of fused-ring (bicyclic) bond motifs is 10. The first-order valence-electron chi connectivity index (χ1n) is 15.0. The lowest BCUT2D eigenvalue weighted by atomic mass is 10.0. The van der Waals surface area contributed by atoms with Crippen LogP contribution in [0.1, 0.15) is 17.7 Å². The van der Waals surface area contributed by atoms with Gasteiger partial charge in [0.15, 0.2) is 5.58 Å². The van der Waals surface area contributed by atoms with Crippen molar-refractivity contribution < 1.29 is 4.42 Å². The Hall–Kier alpha value is -5.54. The molecular weight excluding hydrogens is 524 g/mol. The molecule has 0 spiro atoms. The second-order valence-corrected chi connectivity index (χ2v) is 11.7. The van der Waals surface area contributed by atoms with Gasteiger partial charge in [0, 0.05) is 43.9 Å². The number of benzene rings is 6. The van der Waals surface area contributed by atoms with Crippen LogP contribution < -0.4 is 0 Å². The summed E-state index contributed by atoms with van der Waals surface area (Å²) in [5.41, 5.74) is 10.4. The summed E-state index contributed by atoms with van der Waals surface area (Å²) >= 11 is 0. The largest absolute Gasteiger partial charge is 0.454 e. The zero-order valence-corrected chi connectivity index (χ0v) is 23.4. The van der Waals surface area contributed by atoms with Crippen LogP contribution in [-0.4, -0.2) is 9.13 Å². The molecule has 0 saturated carbocycles. The summed E-state index contributed by atoms with van der Waals surface area (Å²) in [5, 5.41) is 8.61. The maximum Gasteiger partial charge on any atom is 0.159 e. The van der Waals surface area contributed by atoms with Gasteiger partial charge in [-0.3, -0.25) is 0 Å². The van der Waals surface area contributed by atoms with E-state index in [1.807, 2.05) is 6.07 Å². The second-order valence-electron chi connectivity index (χ2n) is 11.7. The number of aromatic nitrogens is 2.